The van der Waals surface area contributed by atoms with Gasteiger partial charge in [-0.05, 0) is 25.1 Å². The fourth-order valence-corrected chi connectivity index (χ4v) is 4.29. The number of carbonyl (C=O) groups is 1. The summed E-state index contributed by atoms with van der Waals surface area (Å²) in [5, 5.41) is 11.1. The van der Waals surface area contributed by atoms with Gasteiger partial charge < -0.3 is 0 Å². The second-order valence-corrected chi connectivity index (χ2v) is 8.37. The first-order chi connectivity index (χ1) is 14.1. The van der Waals surface area contributed by atoms with E-state index in [2.05, 4.69) is 17.4 Å². The highest BCUT2D eigenvalue weighted by atomic mass is 32.2. The van der Waals surface area contributed by atoms with E-state index in [1.54, 1.807) is 32.9 Å². The van der Waals surface area contributed by atoms with E-state index < -0.39 is 20.9 Å². The monoisotopic (exact) mass is 432 g/mol. The molecule has 160 valence electrons. The first-order valence-electron chi connectivity index (χ1n) is 9.22. The standard InChI is InChI=1S/C20H24N4O5S/c1-5-23(6-2)30(28,29)18-9-7-8-17(12-18)20(25)22-21-15(4)16-11-10-14(3)19(13-16)24(26)27/h7-13,21H,4-6H2,1-3H3,(H,22,25). The van der Waals surface area contributed by atoms with E-state index >= 15 is 0 Å². The SMILES string of the molecule is C=C(NNC(=O)c1cccc(S(=O)(=O)N(CC)CC)c1)c1ccc(C)c([N+](=O)[O-])c1. The molecule has 0 saturated carbocycles. The van der Waals surface area contributed by atoms with Crippen LogP contribution in [0.15, 0.2) is 53.9 Å². The molecule has 0 heterocycles. The number of rotatable bonds is 9. The van der Waals surface area contributed by atoms with Gasteiger partial charge in [0.05, 0.1) is 15.5 Å². The Morgan fingerprint density at radius 2 is 1.77 bits per heavy atom. The summed E-state index contributed by atoms with van der Waals surface area (Å²) < 4.78 is 26.6. The molecule has 2 aromatic rings. The van der Waals surface area contributed by atoms with Gasteiger partial charge in [0.2, 0.25) is 10.0 Å². The summed E-state index contributed by atoms with van der Waals surface area (Å²) in [6, 6.07) is 10.3. The number of nitro groups is 1. The Kier molecular flexibility index (Phi) is 7.30. The zero-order valence-electron chi connectivity index (χ0n) is 17.0. The summed E-state index contributed by atoms with van der Waals surface area (Å²) in [5.74, 6) is -0.575. The van der Waals surface area contributed by atoms with E-state index in [0.29, 0.717) is 24.2 Å². The number of hydrazine groups is 1. The highest BCUT2D eigenvalue weighted by Crippen LogP contribution is 2.22. The van der Waals surface area contributed by atoms with E-state index in [9.17, 15) is 23.3 Å². The first-order valence-corrected chi connectivity index (χ1v) is 10.7. The average molecular weight is 433 g/mol. The molecule has 2 N–H and O–H groups in total. The van der Waals surface area contributed by atoms with Gasteiger partial charge in [-0.2, -0.15) is 4.31 Å². The van der Waals surface area contributed by atoms with Crippen LogP contribution < -0.4 is 10.9 Å². The normalized spacial score (nSPS) is 11.2. The van der Waals surface area contributed by atoms with Crippen molar-refractivity contribution in [3.63, 3.8) is 0 Å². The Labute approximate surface area is 175 Å². The molecule has 2 aromatic carbocycles. The van der Waals surface area contributed by atoms with Crippen LogP contribution in [-0.4, -0.2) is 36.6 Å². The molecule has 0 atom stereocenters. The van der Waals surface area contributed by atoms with Crippen molar-refractivity contribution in [2.45, 2.75) is 25.7 Å². The molecule has 0 aliphatic carbocycles. The maximum absolute atomic E-state index is 12.6. The maximum atomic E-state index is 12.6. The van der Waals surface area contributed by atoms with Crippen molar-refractivity contribution >= 4 is 27.3 Å². The molecule has 0 radical (unpaired) electrons. The lowest BCUT2D eigenvalue weighted by Crippen LogP contribution is -2.36. The van der Waals surface area contributed by atoms with Gasteiger partial charge >= 0.3 is 0 Å². The van der Waals surface area contributed by atoms with Crippen molar-refractivity contribution in [2.24, 2.45) is 0 Å². The number of carbonyl (C=O) groups excluding carboxylic acids is 1. The largest absolute Gasteiger partial charge is 0.298 e. The van der Waals surface area contributed by atoms with Crippen LogP contribution in [0.25, 0.3) is 5.70 Å². The minimum atomic E-state index is -3.70. The Morgan fingerprint density at radius 1 is 1.10 bits per heavy atom. The molecule has 0 aliphatic rings. The summed E-state index contributed by atoms with van der Waals surface area (Å²) in [6.07, 6.45) is 0. The van der Waals surface area contributed by atoms with Crippen LogP contribution in [-0.2, 0) is 10.0 Å². The van der Waals surface area contributed by atoms with Gasteiger partial charge in [-0.3, -0.25) is 25.8 Å². The lowest BCUT2D eigenvalue weighted by molar-refractivity contribution is -0.385. The second kappa shape index (κ2) is 9.51. The maximum Gasteiger partial charge on any atom is 0.272 e. The molecule has 0 bridgehead atoms. The van der Waals surface area contributed by atoms with Crippen LogP contribution in [0.3, 0.4) is 0 Å². The van der Waals surface area contributed by atoms with Crippen LogP contribution in [0.1, 0.15) is 35.3 Å². The molecule has 0 saturated heterocycles. The topological polar surface area (TPSA) is 122 Å². The Hall–Kier alpha value is -3.24. The van der Waals surface area contributed by atoms with Crippen molar-refractivity contribution in [1.29, 1.82) is 0 Å². The van der Waals surface area contributed by atoms with Crippen molar-refractivity contribution in [1.82, 2.24) is 15.2 Å². The van der Waals surface area contributed by atoms with Gasteiger partial charge in [-0.15, -0.1) is 0 Å². The second-order valence-electron chi connectivity index (χ2n) is 6.43. The van der Waals surface area contributed by atoms with Gasteiger partial charge in [0.25, 0.3) is 11.6 Å². The van der Waals surface area contributed by atoms with E-state index in [1.165, 1.54) is 34.6 Å². The molecular weight excluding hydrogens is 408 g/mol. The lowest BCUT2D eigenvalue weighted by Gasteiger charge is -2.18. The highest BCUT2D eigenvalue weighted by Gasteiger charge is 2.22. The van der Waals surface area contributed by atoms with E-state index in [-0.39, 0.29) is 21.8 Å². The van der Waals surface area contributed by atoms with Gasteiger partial charge in [-0.1, -0.05) is 38.6 Å². The van der Waals surface area contributed by atoms with E-state index in [4.69, 9.17) is 0 Å². The summed E-state index contributed by atoms with van der Waals surface area (Å²) in [7, 11) is -3.70. The molecule has 1 amide bonds. The third-order valence-corrected chi connectivity index (χ3v) is 6.57. The molecule has 30 heavy (non-hydrogen) atoms. The zero-order chi connectivity index (χ0) is 22.5. The van der Waals surface area contributed by atoms with Crippen molar-refractivity contribution in [2.75, 3.05) is 13.1 Å². The van der Waals surface area contributed by atoms with E-state index in [1.807, 2.05) is 0 Å². The third kappa shape index (κ3) is 5.02. The fraction of sp³-hybridized carbons (Fsp3) is 0.250. The summed E-state index contributed by atoms with van der Waals surface area (Å²) in [5.41, 5.74) is 6.31. The van der Waals surface area contributed by atoms with Crippen LogP contribution in [0.4, 0.5) is 5.69 Å². The van der Waals surface area contributed by atoms with Gasteiger partial charge in [-0.25, -0.2) is 8.42 Å². The molecule has 0 fully saturated rings. The summed E-state index contributed by atoms with van der Waals surface area (Å²) in [4.78, 5) is 23.1. The fourth-order valence-electron chi connectivity index (χ4n) is 2.78. The minimum Gasteiger partial charge on any atom is -0.298 e. The lowest BCUT2D eigenvalue weighted by atomic mass is 10.1. The van der Waals surface area contributed by atoms with Gasteiger partial charge in [0.15, 0.2) is 0 Å². The number of sulfonamides is 1. The first kappa shape index (κ1) is 23.0. The van der Waals surface area contributed by atoms with Crippen LogP contribution >= 0.6 is 0 Å². The number of aryl methyl sites for hydroxylation is 1. The number of amides is 1. The van der Waals surface area contributed by atoms with Crippen molar-refractivity contribution < 1.29 is 18.1 Å². The molecule has 0 unspecified atom stereocenters. The van der Waals surface area contributed by atoms with Crippen LogP contribution in [0.2, 0.25) is 0 Å². The predicted octanol–water partition coefficient (Wildman–Crippen LogP) is 2.84. The van der Waals surface area contributed by atoms with Crippen LogP contribution in [0, 0.1) is 17.0 Å². The quantitative estimate of drug-likeness (QED) is 0.464. The number of nitrogens with one attached hydrogen (secondary N) is 2. The van der Waals surface area contributed by atoms with Gasteiger partial charge in [0, 0.05) is 35.8 Å². The molecule has 10 heteroatoms. The smallest absolute Gasteiger partial charge is 0.272 e. The average Bonchev–Trinajstić information content (AvgIpc) is 2.72. The van der Waals surface area contributed by atoms with Crippen molar-refractivity contribution in [3.05, 3.63) is 75.8 Å². The molecule has 2 rings (SSSR count). The molecule has 9 nitrogen and oxygen atoms in total. The van der Waals surface area contributed by atoms with Crippen molar-refractivity contribution in [3.8, 4) is 0 Å². The Morgan fingerprint density at radius 3 is 2.37 bits per heavy atom. The Balaban J connectivity index is 2.15. The Bertz CT molecular complexity index is 1080. The molecule has 0 spiro atoms. The molecule has 0 aromatic heterocycles. The number of hydrogen-bond acceptors (Lipinski definition) is 6. The molecule has 0 aliphatic heterocycles. The number of nitrogens with zero attached hydrogens (tertiary/aromatic N) is 2. The predicted molar refractivity (Wildman–Crippen MR) is 114 cm³/mol. The highest BCUT2D eigenvalue weighted by molar-refractivity contribution is 7.89. The minimum absolute atomic E-state index is 0.0202. The number of nitro benzene ring substituents is 1. The van der Waals surface area contributed by atoms with E-state index in [0.717, 1.165) is 0 Å². The summed E-state index contributed by atoms with van der Waals surface area (Å²) >= 11 is 0. The zero-order valence-corrected chi connectivity index (χ0v) is 17.8. The summed E-state index contributed by atoms with van der Waals surface area (Å²) in [6.45, 7) is 9.51. The third-order valence-electron chi connectivity index (χ3n) is 4.52. The van der Waals surface area contributed by atoms with Gasteiger partial charge in [0.1, 0.15) is 0 Å². The number of hydrogen-bond donors (Lipinski definition) is 2. The number of benzene rings is 2. The van der Waals surface area contributed by atoms with Crippen LogP contribution in [0.5, 0.6) is 0 Å². The molecular formula is C20H24N4O5S.